The average Bonchev–Trinajstić information content (AvgIpc) is 2.46. The number of carbonyl (C=O) groups excluding carboxylic acids is 1. The maximum Gasteiger partial charge on any atom is 0.229 e. The summed E-state index contributed by atoms with van der Waals surface area (Å²) < 4.78 is 0. The fraction of sp³-hybridized carbons (Fsp3) is 0.333. The number of nitrogens with two attached hydrogens (primary N) is 1. The molecule has 0 aliphatic carbocycles. The number of halogens is 1. The van der Waals surface area contributed by atoms with Crippen molar-refractivity contribution in [3.05, 3.63) is 18.3 Å². The van der Waals surface area contributed by atoms with Gasteiger partial charge in [-0.2, -0.15) is 0 Å². The quantitative estimate of drug-likeness (QED) is 0.706. The Hall–Kier alpha value is -1.29. The zero-order valence-corrected chi connectivity index (χ0v) is 8.24. The molecule has 5 heteroatoms. The van der Waals surface area contributed by atoms with E-state index in [-0.39, 0.29) is 11.3 Å². The van der Waals surface area contributed by atoms with Gasteiger partial charge in [0, 0.05) is 19.2 Å². The minimum Gasteiger partial charge on any atom is -0.396 e. The van der Waals surface area contributed by atoms with Crippen molar-refractivity contribution in [2.45, 2.75) is 11.8 Å². The minimum atomic E-state index is -0.135. The molecule has 1 atom stereocenters. The molecule has 14 heavy (non-hydrogen) atoms. The number of rotatable bonds is 1. The van der Waals surface area contributed by atoms with Crippen LogP contribution in [0.1, 0.15) is 6.42 Å². The van der Waals surface area contributed by atoms with Gasteiger partial charge in [-0.1, -0.05) is 0 Å². The maximum atomic E-state index is 11.5. The molecule has 0 radical (unpaired) electrons. The van der Waals surface area contributed by atoms with Crippen LogP contribution >= 0.6 is 11.6 Å². The molecule has 2 N–H and O–H groups in total. The van der Waals surface area contributed by atoms with Crippen molar-refractivity contribution in [2.24, 2.45) is 0 Å². The number of hydrogen-bond donors (Lipinski definition) is 1. The Kier molecular flexibility index (Phi) is 2.29. The average molecular weight is 212 g/mol. The first-order chi connectivity index (χ1) is 6.68. The maximum absolute atomic E-state index is 11.5. The number of alkyl halides is 1. The van der Waals surface area contributed by atoms with Gasteiger partial charge in [0.05, 0.1) is 11.1 Å². The lowest BCUT2D eigenvalue weighted by atomic mass is 10.3. The molecule has 1 amide bonds. The molecule has 2 rings (SSSR count). The van der Waals surface area contributed by atoms with E-state index in [1.54, 1.807) is 18.3 Å². The summed E-state index contributed by atoms with van der Waals surface area (Å²) >= 11 is 5.87. The van der Waals surface area contributed by atoms with Crippen LogP contribution in [0.4, 0.5) is 11.5 Å². The zero-order chi connectivity index (χ0) is 10.1. The highest BCUT2D eigenvalue weighted by atomic mass is 35.5. The lowest BCUT2D eigenvalue weighted by Gasteiger charge is -2.15. The van der Waals surface area contributed by atoms with Crippen molar-refractivity contribution in [1.82, 2.24) is 4.98 Å². The van der Waals surface area contributed by atoms with Gasteiger partial charge in [-0.05, 0) is 12.1 Å². The van der Waals surface area contributed by atoms with Gasteiger partial charge in [-0.25, -0.2) is 4.98 Å². The fourth-order valence-electron chi connectivity index (χ4n) is 1.50. The third-order valence-electron chi connectivity index (χ3n) is 2.15. The predicted molar refractivity (Wildman–Crippen MR) is 55.3 cm³/mol. The van der Waals surface area contributed by atoms with Crippen LogP contribution in [-0.2, 0) is 4.79 Å². The summed E-state index contributed by atoms with van der Waals surface area (Å²) in [5, 5.41) is -0.135. The zero-order valence-electron chi connectivity index (χ0n) is 7.48. The predicted octanol–water partition coefficient (Wildman–Crippen LogP) is 1.01. The monoisotopic (exact) mass is 211 g/mol. The Bertz CT molecular complexity index is 369. The highest BCUT2D eigenvalue weighted by Gasteiger charge is 2.30. The second kappa shape index (κ2) is 3.46. The van der Waals surface area contributed by atoms with Gasteiger partial charge in [-0.3, -0.25) is 9.69 Å². The van der Waals surface area contributed by atoms with Crippen molar-refractivity contribution in [1.29, 1.82) is 0 Å². The second-order valence-electron chi connectivity index (χ2n) is 3.22. The van der Waals surface area contributed by atoms with E-state index in [1.165, 1.54) is 4.90 Å². The van der Waals surface area contributed by atoms with Gasteiger partial charge in [-0.15, -0.1) is 11.6 Å². The highest BCUT2D eigenvalue weighted by molar-refractivity contribution is 6.24. The molecule has 1 saturated heterocycles. The number of nitrogens with zero attached hydrogens (tertiary/aromatic N) is 2. The van der Waals surface area contributed by atoms with Gasteiger partial charge in [0.15, 0.2) is 5.82 Å². The molecule has 1 fully saturated rings. The number of pyridine rings is 1. The lowest BCUT2D eigenvalue weighted by molar-refractivity contribution is -0.117. The van der Waals surface area contributed by atoms with Crippen LogP contribution in [0.3, 0.4) is 0 Å². The number of amides is 1. The van der Waals surface area contributed by atoms with Crippen LogP contribution in [0.15, 0.2) is 18.3 Å². The van der Waals surface area contributed by atoms with E-state index in [0.29, 0.717) is 24.5 Å². The molecule has 0 saturated carbocycles. The van der Waals surface area contributed by atoms with Gasteiger partial charge in [0.1, 0.15) is 0 Å². The van der Waals surface area contributed by atoms with Gasteiger partial charge in [0.2, 0.25) is 5.91 Å². The number of hydrogen-bond acceptors (Lipinski definition) is 3. The van der Waals surface area contributed by atoms with Crippen molar-refractivity contribution >= 4 is 29.0 Å². The molecule has 1 aliphatic rings. The fourth-order valence-corrected chi connectivity index (χ4v) is 1.77. The highest BCUT2D eigenvalue weighted by Crippen LogP contribution is 2.26. The molecule has 74 valence electrons. The van der Waals surface area contributed by atoms with Gasteiger partial charge < -0.3 is 5.73 Å². The van der Waals surface area contributed by atoms with Crippen LogP contribution < -0.4 is 10.6 Å². The number of anilines is 2. The van der Waals surface area contributed by atoms with E-state index in [9.17, 15) is 4.79 Å². The molecule has 1 aromatic rings. The third-order valence-corrected chi connectivity index (χ3v) is 2.44. The molecule has 0 spiro atoms. The lowest BCUT2D eigenvalue weighted by Crippen LogP contribution is -2.26. The van der Waals surface area contributed by atoms with Crippen LogP contribution in [0.2, 0.25) is 0 Å². The molecule has 1 aliphatic heterocycles. The van der Waals surface area contributed by atoms with Gasteiger partial charge >= 0.3 is 0 Å². The van der Waals surface area contributed by atoms with Crippen LogP contribution in [-0.4, -0.2) is 22.8 Å². The van der Waals surface area contributed by atoms with Crippen molar-refractivity contribution < 1.29 is 4.79 Å². The van der Waals surface area contributed by atoms with E-state index < -0.39 is 0 Å². The number of carbonyl (C=O) groups is 1. The van der Waals surface area contributed by atoms with Crippen LogP contribution in [0.5, 0.6) is 0 Å². The molecular formula is C9H10ClN3O. The molecule has 1 aromatic heterocycles. The summed E-state index contributed by atoms with van der Waals surface area (Å²) in [7, 11) is 0. The topological polar surface area (TPSA) is 59.2 Å². The first-order valence-corrected chi connectivity index (χ1v) is 4.77. The number of nitrogen functional groups attached to an aromatic ring is 1. The minimum absolute atomic E-state index is 0.0181. The Labute approximate surface area is 86.7 Å². The first kappa shape index (κ1) is 9.27. The molecule has 2 heterocycles. The smallest absolute Gasteiger partial charge is 0.229 e. The molecule has 4 nitrogen and oxygen atoms in total. The standard InChI is InChI=1S/C9H10ClN3O/c10-6-4-8(14)13(5-6)9-7(11)2-1-3-12-9/h1-3,6H,4-5,11H2. The largest absolute Gasteiger partial charge is 0.396 e. The summed E-state index contributed by atoms with van der Waals surface area (Å²) in [5.41, 5.74) is 6.21. The van der Waals surface area contributed by atoms with Crippen molar-refractivity contribution in [2.75, 3.05) is 17.2 Å². The second-order valence-corrected chi connectivity index (χ2v) is 3.84. The van der Waals surface area contributed by atoms with E-state index in [2.05, 4.69) is 4.98 Å². The molecule has 0 bridgehead atoms. The Morgan fingerprint density at radius 3 is 3.00 bits per heavy atom. The van der Waals surface area contributed by atoms with E-state index in [4.69, 9.17) is 17.3 Å². The SMILES string of the molecule is Nc1cccnc1N1CC(Cl)CC1=O. The summed E-state index contributed by atoms with van der Waals surface area (Å²) in [6.07, 6.45) is 1.97. The Morgan fingerprint density at radius 2 is 2.43 bits per heavy atom. The van der Waals surface area contributed by atoms with E-state index in [0.717, 1.165) is 0 Å². The normalized spacial score (nSPS) is 21.6. The summed E-state index contributed by atoms with van der Waals surface area (Å²) in [5.74, 6) is 0.496. The summed E-state index contributed by atoms with van der Waals surface area (Å²) in [6.45, 7) is 0.488. The van der Waals surface area contributed by atoms with E-state index >= 15 is 0 Å². The Balaban J connectivity index is 2.32. The molecular weight excluding hydrogens is 202 g/mol. The Morgan fingerprint density at radius 1 is 1.64 bits per heavy atom. The van der Waals surface area contributed by atoms with Gasteiger partial charge in [0.25, 0.3) is 0 Å². The molecule has 1 unspecified atom stereocenters. The summed E-state index contributed by atoms with van der Waals surface area (Å²) in [4.78, 5) is 17.1. The first-order valence-electron chi connectivity index (χ1n) is 4.33. The van der Waals surface area contributed by atoms with Crippen molar-refractivity contribution in [3.8, 4) is 0 Å². The molecule has 0 aromatic carbocycles. The van der Waals surface area contributed by atoms with Crippen LogP contribution in [0, 0.1) is 0 Å². The number of aromatic nitrogens is 1. The van der Waals surface area contributed by atoms with Crippen molar-refractivity contribution in [3.63, 3.8) is 0 Å². The summed E-state index contributed by atoms with van der Waals surface area (Å²) in [6, 6.07) is 3.45. The van der Waals surface area contributed by atoms with Crippen LogP contribution in [0.25, 0.3) is 0 Å². The van der Waals surface area contributed by atoms with E-state index in [1.807, 2.05) is 0 Å². The third kappa shape index (κ3) is 1.53.